The summed E-state index contributed by atoms with van der Waals surface area (Å²) in [5.74, 6) is -0.347. The number of carbonyl (C=O) groups is 2. The maximum absolute atomic E-state index is 13.8. The molecule has 0 saturated carbocycles. The van der Waals surface area contributed by atoms with Gasteiger partial charge in [-0.05, 0) is 61.5 Å². The minimum Gasteiger partial charge on any atom is -0.495 e. The van der Waals surface area contributed by atoms with E-state index in [1.54, 1.807) is 54.6 Å². The van der Waals surface area contributed by atoms with Crippen molar-refractivity contribution in [3.8, 4) is 5.75 Å². The summed E-state index contributed by atoms with van der Waals surface area (Å²) in [6, 6.07) is 20.6. The number of methoxy groups -OCH3 is 1. The second kappa shape index (κ2) is 12.1. The fraction of sp³-hybridized carbons (Fsp3) is 0.143. The molecular formula is C28H26ClN3O6S. The van der Waals surface area contributed by atoms with E-state index >= 15 is 0 Å². The number of aryl methyl sites for hydroxylation is 1. The number of anilines is 2. The molecule has 9 nitrogen and oxygen atoms in total. The summed E-state index contributed by atoms with van der Waals surface area (Å²) in [5, 5.41) is 5.66. The molecule has 0 fully saturated rings. The maximum atomic E-state index is 13.8. The summed E-state index contributed by atoms with van der Waals surface area (Å²) in [6.07, 6.45) is 1.50. The number of rotatable bonds is 10. The molecule has 0 saturated heterocycles. The molecule has 1 heterocycles. The van der Waals surface area contributed by atoms with Gasteiger partial charge in [-0.25, -0.2) is 8.42 Å². The number of nitrogens with one attached hydrogen (secondary N) is 2. The van der Waals surface area contributed by atoms with Gasteiger partial charge < -0.3 is 19.8 Å². The number of hydrogen-bond acceptors (Lipinski definition) is 6. The van der Waals surface area contributed by atoms with Crippen LogP contribution in [-0.4, -0.2) is 33.9 Å². The highest BCUT2D eigenvalue weighted by atomic mass is 35.5. The van der Waals surface area contributed by atoms with E-state index in [-0.39, 0.29) is 39.2 Å². The second-order valence-electron chi connectivity index (χ2n) is 8.50. The standard InChI is InChI=1S/C28H26ClN3O6S/c1-19-9-12-22(13-10-19)39(35,36)32(25-16-20(29)11-14-26(25)37-2)18-27(33)31-24-8-4-3-7-23(24)28(34)30-17-21-6-5-15-38-21/h3-16H,17-18H2,1-2H3,(H,30,34)(H,31,33). The number of para-hydroxylation sites is 1. The monoisotopic (exact) mass is 567 g/mol. The lowest BCUT2D eigenvalue weighted by Crippen LogP contribution is -2.38. The van der Waals surface area contributed by atoms with Gasteiger partial charge in [-0.2, -0.15) is 0 Å². The second-order valence-corrected chi connectivity index (χ2v) is 10.8. The topological polar surface area (TPSA) is 118 Å². The van der Waals surface area contributed by atoms with Gasteiger partial charge in [-0.1, -0.05) is 41.4 Å². The van der Waals surface area contributed by atoms with Crippen LogP contribution in [-0.2, 0) is 21.4 Å². The molecule has 0 radical (unpaired) electrons. The van der Waals surface area contributed by atoms with Crippen LogP contribution >= 0.6 is 11.6 Å². The highest BCUT2D eigenvalue weighted by molar-refractivity contribution is 7.92. The van der Waals surface area contributed by atoms with Crippen molar-refractivity contribution in [3.05, 3.63) is 107 Å². The predicted molar refractivity (Wildman–Crippen MR) is 149 cm³/mol. The third kappa shape index (κ3) is 6.60. The fourth-order valence-corrected chi connectivity index (χ4v) is 5.37. The number of benzene rings is 3. The molecule has 39 heavy (non-hydrogen) atoms. The van der Waals surface area contributed by atoms with Crippen LogP contribution in [0.5, 0.6) is 5.75 Å². The van der Waals surface area contributed by atoms with Crippen molar-refractivity contribution in [2.45, 2.75) is 18.4 Å². The highest BCUT2D eigenvalue weighted by Crippen LogP contribution is 2.35. The van der Waals surface area contributed by atoms with Gasteiger partial charge in [0.15, 0.2) is 0 Å². The number of furan rings is 1. The van der Waals surface area contributed by atoms with Crippen molar-refractivity contribution in [3.63, 3.8) is 0 Å². The van der Waals surface area contributed by atoms with E-state index in [0.717, 1.165) is 9.87 Å². The van der Waals surface area contributed by atoms with Crippen molar-refractivity contribution < 1.29 is 27.2 Å². The Labute approximate surface area is 231 Å². The fourth-order valence-electron chi connectivity index (χ4n) is 3.78. The SMILES string of the molecule is COc1ccc(Cl)cc1N(CC(=O)Nc1ccccc1C(=O)NCc1ccco1)S(=O)(=O)c1ccc(C)cc1. The van der Waals surface area contributed by atoms with Gasteiger partial charge >= 0.3 is 0 Å². The molecular weight excluding hydrogens is 542 g/mol. The van der Waals surface area contributed by atoms with E-state index in [9.17, 15) is 18.0 Å². The van der Waals surface area contributed by atoms with Crippen LogP contribution in [0.25, 0.3) is 0 Å². The van der Waals surface area contributed by atoms with Gasteiger partial charge in [-0.15, -0.1) is 0 Å². The first-order valence-corrected chi connectivity index (χ1v) is 13.6. The molecule has 0 unspecified atom stereocenters. The summed E-state index contributed by atoms with van der Waals surface area (Å²) in [7, 11) is -2.83. The van der Waals surface area contributed by atoms with Crippen molar-refractivity contribution in [1.29, 1.82) is 0 Å². The van der Waals surface area contributed by atoms with Gasteiger partial charge in [0.25, 0.3) is 15.9 Å². The Balaban J connectivity index is 1.63. The molecule has 0 bridgehead atoms. The maximum Gasteiger partial charge on any atom is 0.264 e. The van der Waals surface area contributed by atoms with Gasteiger partial charge in [-0.3, -0.25) is 13.9 Å². The van der Waals surface area contributed by atoms with E-state index in [1.807, 2.05) is 6.92 Å². The summed E-state index contributed by atoms with van der Waals surface area (Å²) in [5.41, 5.74) is 1.38. The number of amides is 2. The molecule has 3 aromatic carbocycles. The third-order valence-electron chi connectivity index (χ3n) is 5.75. The number of carbonyl (C=O) groups excluding carboxylic acids is 2. The van der Waals surface area contributed by atoms with Crippen LogP contribution in [0.4, 0.5) is 11.4 Å². The van der Waals surface area contributed by atoms with Gasteiger partial charge in [0.1, 0.15) is 18.1 Å². The van der Waals surface area contributed by atoms with Crippen molar-refractivity contribution in [2.75, 3.05) is 23.3 Å². The van der Waals surface area contributed by atoms with Crippen LogP contribution in [0, 0.1) is 6.92 Å². The van der Waals surface area contributed by atoms with E-state index in [1.165, 1.54) is 37.6 Å². The quantitative estimate of drug-likeness (QED) is 0.278. The number of hydrogen-bond donors (Lipinski definition) is 2. The lowest BCUT2D eigenvalue weighted by molar-refractivity contribution is -0.114. The van der Waals surface area contributed by atoms with Gasteiger partial charge in [0.05, 0.1) is 41.8 Å². The third-order valence-corrected chi connectivity index (χ3v) is 7.76. The normalized spacial score (nSPS) is 11.1. The van der Waals surface area contributed by atoms with Gasteiger partial charge in [0.2, 0.25) is 5.91 Å². The Kier molecular flexibility index (Phi) is 8.58. The largest absolute Gasteiger partial charge is 0.495 e. The first-order chi connectivity index (χ1) is 18.7. The molecule has 0 aliphatic rings. The number of ether oxygens (including phenoxy) is 1. The first kappa shape index (κ1) is 27.7. The number of sulfonamides is 1. The molecule has 4 rings (SSSR count). The smallest absolute Gasteiger partial charge is 0.264 e. The van der Waals surface area contributed by atoms with Crippen LogP contribution in [0.1, 0.15) is 21.7 Å². The van der Waals surface area contributed by atoms with Crippen LogP contribution < -0.4 is 19.7 Å². The minimum absolute atomic E-state index is 0.0133. The Morgan fingerprint density at radius 2 is 1.74 bits per heavy atom. The van der Waals surface area contributed by atoms with E-state index < -0.39 is 28.4 Å². The van der Waals surface area contributed by atoms with Crippen LogP contribution in [0.15, 0.2) is 94.4 Å². The van der Waals surface area contributed by atoms with E-state index in [2.05, 4.69) is 10.6 Å². The van der Waals surface area contributed by atoms with Crippen LogP contribution in [0.3, 0.4) is 0 Å². The zero-order valence-corrected chi connectivity index (χ0v) is 22.8. The molecule has 0 spiro atoms. The zero-order valence-electron chi connectivity index (χ0n) is 21.2. The van der Waals surface area contributed by atoms with Crippen LogP contribution in [0.2, 0.25) is 5.02 Å². The molecule has 4 aromatic rings. The Hall–Kier alpha value is -4.28. The Morgan fingerprint density at radius 3 is 2.44 bits per heavy atom. The molecule has 0 atom stereocenters. The lowest BCUT2D eigenvalue weighted by atomic mass is 10.1. The Morgan fingerprint density at radius 1 is 1.00 bits per heavy atom. The van der Waals surface area contributed by atoms with Crippen molar-refractivity contribution in [2.24, 2.45) is 0 Å². The average Bonchev–Trinajstić information content (AvgIpc) is 3.45. The molecule has 0 aliphatic heterocycles. The number of nitrogens with zero attached hydrogens (tertiary/aromatic N) is 1. The minimum atomic E-state index is -4.22. The number of halogens is 1. The van der Waals surface area contributed by atoms with Crippen molar-refractivity contribution >= 4 is 44.8 Å². The molecule has 0 aliphatic carbocycles. The first-order valence-electron chi connectivity index (χ1n) is 11.8. The summed E-state index contributed by atoms with van der Waals surface area (Å²) in [6.45, 7) is 1.38. The molecule has 11 heteroatoms. The zero-order chi connectivity index (χ0) is 28.0. The molecule has 1 aromatic heterocycles. The Bertz CT molecular complexity index is 1570. The lowest BCUT2D eigenvalue weighted by Gasteiger charge is -2.26. The average molecular weight is 568 g/mol. The highest BCUT2D eigenvalue weighted by Gasteiger charge is 2.30. The molecule has 2 N–H and O–H groups in total. The van der Waals surface area contributed by atoms with E-state index in [4.69, 9.17) is 20.8 Å². The predicted octanol–water partition coefficient (Wildman–Crippen LogP) is 5.01. The molecule has 2 amide bonds. The van der Waals surface area contributed by atoms with Gasteiger partial charge in [0, 0.05) is 5.02 Å². The van der Waals surface area contributed by atoms with Crippen molar-refractivity contribution in [1.82, 2.24) is 5.32 Å². The molecule has 202 valence electrons. The summed E-state index contributed by atoms with van der Waals surface area (Å²) >= 11 is 6.19. The summed E-state index contributed by atoms with van der Waals surface area (Å²) < 4.78 is 39.1. The van der Waals surface area contributed by atoms with E-state index in [0.29, 0.717) is 5.76 Å². The summed E-state index contributed by atoms with van der Waals surface area (Å²) in [4.78, 5) is 26.1.